The quantitative estimate of drug-likeness (QED) is 0.627. The van der Waals surface area contributed by atoms with E-state index in [2.05, 4.69) is 4.74 Å². The van der Waals surface area contributed by atoms with Gasteiger partial charge in [-0.25, -0.2) is 0 Å². The highest BCUT2D eigenvalue weighted by Gasteiger charge is 2.49. The van der Waals surface area contributed by atoms with Crippen LogP contribution in [0.3, 0.4) is 0 Å². The minimum Gasteiger partial charge on any atom is -0.469 e. The maximum atomic E-state index is 9.96. The molecule has 0 bridgehead atoms. The van der Waals surface area contributed by atoms with Gasteiger partial charge in [-0.1, -0.05) is 13.3 Å². The second kappa shape index (κ2) is 4.61. The summed E-state index contributed by atoms with van der Waals surface area (Å²) >= 11 is 0. The van der Waals surface area contributed by atoms with Gasteiger partial charge in [0, 0.05) is 12.5 Å². The van der Waals surface area contributed by atoms with Crippen molar-refractivity contribution >= 4 is 5.97 Å². The molecule has 3 nitrogen and oxygen atoms in total. The second-order valence-electron chi connectivity index (χ2n) is 3.77. The topological polar surface area (TPSA) is 52.3 Å². The molecule has 2 fully saturated rings. The van der Waals surface area contributed by atoms with Gasteiger partial charge in [-0.2, -0.15) is 0 Å². The molecule has 2 unspecified atom stereocenters. The zero-order valence-corrected chi connectivity index (χ0v) is 8.45. The van der Waals surface area contributed by atoms with Crippen LogP contribution in [0.15, 0.2) is 0 Å². The first-order valence-electron chi connectivity index (χ1n) is 5.03. The van der Waals surface area contributed by atoms with Crippen molar-refractivity contribution in [1.29, 1.82) is 0 Å². The molecule has 2 atom stereocenters. The van der Waals surface area contributed by atoms with E-state index in [9.17, 15) is 4.79 Å². The van der Waals surface area contributed by atoms with Gasteiger partial charge in [-0.3, -0.25) is 4.79 Å². The molecule has 0 saturated heterocycles. The van der Waals surface area contributed by atoms with Crippen molar-refractivity contribution in [1.82, 2.24) is 0 Å². The molecule has 0 spiro atoms. The SMILES string of the molecule is CCC(=O)OC.NC1C2CCCC12. The van der Waals surface area contributed by atoms with Gasteiger partial charge in [0.2, 0.25) is 0 Å². The summed E-state index contributed by atoms with van der Waals surface area (Å²) in [5.74, 6) is 1.76. The van der Waals surface area contributed by atoms with Crippen LogP contribution in [-0.2, 0) is 9.53 Å². The molecule has 2 rings (SSSR count). The molecular weight excluding hydrogens is 166 g/mol. The van der Waals surface area contributed by atoms with E-state index in [1.807, 2.05) is 0 Å². The van der Waals surface area contributed by atoms with Crippen molar-refractivity contribution in [3.63, 3.8) is 0 Å². The van der Waals surface area contributed by atoms with Gasteiger partial charge in [0.05, 0.1) is 7.11 Å². The van der Waals surface area contributed by atoms with Crippen LogP contribution >= 0.6 is 0 Å². The lowest BCUT2D eigenvalue weighted by Crippen LogP contribution is -2.05. The number of ether oxygens (including phenoxy) is 1. The van der Waals surface area contributed by atoms with E-state index in [1.165, 1.54) is 26.4 Å². The number of esters is 1. The van der Waals surface area contributed by atoms with Crippen molar-refractivity contribution < 1.29 is 9.53 Å². The number of carbonyl (C=O) groups excluding carboxylic acids is 1. The molecule has 3 heteroatoms. The number of hydrogen-bond donors (Lipinski definition) is 1. The van der Waals surface area contributed by atoms with Gasteiger partial charge < -0.3 is 10.5 Å². The smallest absolute Gasteiger partial charge is 0.305 e. The number of rotatable bonds is 1. The maximum absolute atomic E-state index is 9.96. The lowest BCUT2D eigenvalue weighted by molar-refractivity contribution is -0.140. The van der Waals surface area contributed by atoms with Gasteiger partial charge >= 0.3 is 5.97 Å². The fourth-order valence-corrected chi connectivity index (χ4v) is 2.02. The van der Waals surface area contributed by atoms with Gasteiger partial charge in [-0.15, -0.1) is 0 Å². The van der Waals surface area contributed by atoms with Crippen LogP contribution in [0.4, 0.5) is 0 Å². The van der Waals surface area contributed by atoms with Crippen molar-refractivity contribution in [2.45, 2.75) is 38.6 Å². The molecule has 0 heterocycles. The van der Waals surface area contributed by atoms with Crippen LogP contribution in [0.1, 0.15) is 32.6 Å². The average Bonchev–Trinajstić information content (AvgIpc) is 2.63. The Balaban J connectivity index is 0.000000133. The average molecular weight is 185 g/mol. The van der Waals surface area contributed by atoms with E-state index in [1.54, 1.807) is 6.92 Å². The van der Waals surface area contributed by atoms with Crippen LogP contribution in [-0.4, -0.2) is 19.1 Å². The van der Waals surface area contributed by atoms with E-state index >= 15 is 0 Å². The minimum atomic E-state index is -0.157. The summed E-state index contributed by atoms with van der Waals surface area (Å²) in [6.07, 6.45) is 4.76. The Bertz CT molecular complexity index is 166. The van der Waals surface area contributed by atoms with Crippen LogP contribution in [0.5, 0.6) is 0 Å². The zero-order chi connectivity index (χ0) is 9.84. The fraction of sp³-hybridized carbons (Fsp3) is 0.900. The van der Waals surface area contributed by atoms with Crippen molar-refractivity contribution in [3.8, 4) is 0 Å². The summed E-state index contributed by atoms with van der Waals surface area (Å²) < 4.78 is 4.26. The van der Waals surface area contributed by atoms with Crippen LogP contribution in [0.2, 0.25) is 0 Å². The predicted molar refractivity (Wildman–Crippen MR) is 51.1 cm³/mol. The highest BCUT2D eigenvalue weighted by Crippen LogP contribution is 2.50. The van der Waals surface area contributed by atoms with Crippen molar-refractivity contribution in [3.05, 3.63) is 0 Å². The lowest BCUT2D eigenvalue weighted by Gasteiger charge is -1.90. The molecule has 2 aliphatic rings. The van der Waals surface area contributed by atoms with E-state index in [0.29, 0.717) is 12.5 Å². The molecule has 76 valence electrons. The summed E-state index contributed by atoms with van der Waals surface area (Å²) in [4.78, 5) is 9.96. The van der Waals surface area contributed by atoms with Gasteiger partial charge in [0.25, 0.3) is 0 Å². The summed E-state index contributed by atoms with van der Waals surface area (Å²) in [6.45, 7) is 1.76. The summed E-state index contributed by atoms with van der Waals surface area (Å²) in [6, 6.07) is 0.619. The molecule has 13 heavy (non-hydrogen) atoms. The van der Waals surface area contributed by atoms with E-state index in [4.69, 9.17) is 5.73 Å². The predicted octanol–water partition coefficient (Wildman–Crippen LogP) is 1.31. The van der Waals surface area contributed by atoms with E-state index in [-0.39, 0.29) is 5.97 Å². The monoisotopic (exact) mass is 185 g/mol. The Hall–Kier alpha value is -0.570. The molecule has 0 aromatic rings. The summed E-state index contributed by atoms with van der Waals surface area (Å²) in [5.41, 5.74) is 5.67. The Morgan fingerprint density at radius 2 is 2.00 bits per heavy atom. The Morgan fingerprint density at radius 1 is 1.46 bits per heavy atom. The van der Waals surface area contributed by atoms with E-state index < -0.39 is 0 Å². The zero-order valence-electron chi connectivity index (χ0n) is 8.45. The molecule has 0 amide bonds. The highest BCUT2D eigenvalue weighted by molar-refractivity contribution is 5.68. The molecule has 2 aliphatic carbocycles. The second-order valence-corrected chi connectivity index (χ2v) is 3.77. The third-order valence-electron chi connectivity index (χ3n) is 2.99. The normalized spacial score (nSPS) is 34.2. The van der Waals surface area contributed by atoms with Crippen LogP contribution in [0, 0.1) is 11.8 Å². The first-order valence-corrected chi connectivity index (χ1v) is 5.03. The lowest BCUT2D eigenvalue weighted by atomic mass is 10.2. The van der Waals surface area contributed by atoms with Crippen LogP contribution in [0.25, 0.3) is 0 Å². The third kappa shape index (κ3) is 2.69. The number of nitrogens with two attached hydrogens (primary N) is 1. The summed E-state index contributed by atoms with van der Waals surface area (Å²) in [5, 5.41) is 0. The van der Waals surface area contributed by atoms with Gasteiger partial charge in [-0.05, 0) is 24.7 Å². The van der Waals surface area contributed by atoms with Crippen molar-refractivity contribution in [2.24, 2.45) is 17.6 Å². The van der Waals surface area contributed by atoms with E-state index in [0.717, 1.165) is 11.8 Å². The van der Waals surface area contributed by atoms with Gasteiger partial charge in [0.1, 0.15) is 0 Å². The minimum absolute atomic E-state index is 0.157. The molecule has 0 radical (unpaired) electrons. The number of hydrogen-bond acceptors (Lipinski definition) is 3. The first-order chi connectivity index (χ1) is 6.20. The molecule has 0 aliphatic heterocycles. The number of methoxy groups -OCH3 is 1. The highest BCUT2D eigenvalue weighted by atomic mass is 16.5. The first kappa shape index (κ1) is 10.5. The van der Waals surface area contributed by atoms with Crippen LogP contribution < -0.4 is 5.73 Å². The largest absolute Gasteiger partial charge is 0.469 e. The fourth-order valence-electron chi connectivity index (χ4n) is 2.02. The molecular formula is C10H19NO2. The molecule has 0 aromatic carbocycles. The standard InChI is InChI=1S/C6H11N.C4H8O2/c7-6-4-2-1-3-5(4)6;1-3-4(5)6-2/h4-6H,1-3,7H2;3H2,1-2H3. The van der Waals surface area contributed by atoms with Gasteiger partial charge in [0.15, 0.2) is 0 Å². The Morgan fingerprint density at radius 3 is 2.15 bits per heavy atom. The number of fused-ring (bicyclic) bond motifs is 1. The third-order valence-corrected chi connectivity index (χ3v) is 2.99. The molecule has 2 N–H and O–H groups in total. The maximum Gasteiger partial charge on any atom is 0.305 e. The molecule has 0 aromatic heterocycles. The van der Waals surface area contributed by atoms with Crippen molar-refractivity contribution in [2.75, 3.05) is 7.11 Å². The Labute approximate surface area is 79.6 Å². The number of carbonyl (C=O) groups is 1. The molecule has 2 saturated carbocycles. The Kier molecular flexibility index (Phi) is 3.72. The summed E-state index contributed by atoms with van der Waals surface area (Å²) in [7, 11) is 1.38.